The first kappa shape index (κ1) is 25.4. The Morgan fingerprint density at radius 2 is 1.44 bits per heavy atom. The number of nitrogens with one attached hydrogen (secondary N) is 1. The van der Waals surface area contributed by atoms with E-state index in [2.05, 4.69) is 5.32 Å². The predicted molar refractivity (Wildman–Crippen MR) is 127 cm³/mol. The molecule has 0 spiro atoms. The van der Waals surface area contributed by atoms with Crippen LogP contribution in [-0.4, -0.2) is 36.3 Å². The quantitative estimate of drug-likeness (QED) is 0.361. The van der Waals surface area contributed by atoms with Gasteiger partial charge in [-0.05, 0) is 42.5 Å². The van der Waals surface area contributed by atoms with Crippen molar-refractivity contribution >= 4 is 11.8 Å². The summed E-state index contributed by atoms with van der Waals surface area (Å²) in [5.41, 5.74) is 0.381. The predicted octanol–water partition coefficient (Wildman–Crippen LogP) is 5.17. The molecule has 1 heterocycles. The van der Waals surface area contributed by atoms with E-state index in [1.54, 1.807) is 18.2 Å². The molecule has 4 rings (SSSR count). The largest absolute Gasteiger partial charge is 0.356 e. The molecule has 4 nitrogen and oxygen atoms in total. The molecule has 1 fully saturated rings. The summed E-state index contributed by atoms with van der Waals surface area (Å²) in [6.45, 7) is 0.716. The number of carbonyl (C=O) groups excluding carboxylic acids is 2. The lowest BCUT2D eigenvalue weighted by Crippen LogP contribution is -2.47. The number of rotatable bonds is 7. The van der Waals surface area contributed by atoms with Crippen LogP contribution in [0.15, 0.2) is 66.7 Å². The average Bonchev–Trinajstić information content (AvgIpc) is 2.88. The molecule has 0 unspecified atom stereocenters. The standard InChI is InChI=1S/C28H26F4N2O2/c29-22-9-5-4-6-19(22)10-13-33-26(35)18-28(20-7-2-1-3-8-20)11-14-34(15-12-28)27(36)21-16-24(31)25(32)17-23(21)30/h1-9,16-17H,10-15,18H2,(H,33,35). The molecule has 188 valence electrons. The van der Waals surface area contributed by atoms with Crippen molar-refractivity contribution in [1.29, 1.82) is 0 Å². The summed E-state index contributed by atoms with van der Waals surface area (Å²) in [5, 5.41) is 2.87. The molecule has 3 aromatic carbocycles. The molecule has 0 saturated carbocycles. The fourth-order valence-electron chi connectivity index (χ4n) is 4.76. The van der Waals surface area contributed by atoms with Gasteiger partial charge in [-0.1, -0.05) is 48.5 Å². The van der Waals surface area contributed by atoms with Crippen molar-refractivity contribution in [3.05, 3.63) is 107 Å². The van der Waals surface area contributed by atoms with Crippen LogP contribution in [0.4, 0.5) is 17.6 Å². The average molecular weight is 499 g/mol. The first-order chi connectivity index (χ1) is 17.3. The SMILES string of the molecule is O=C(CC1(c2ccccc2)CCN(C(=O)c2cc(F)c(F)cc2F)CC1)NCCc1ccccc1F. The number of piperidine rings is 1. The van der Waals surface area contributed by atoms with Gasteiger partial charge in [0.15, 0.2) is 11.6 Å². The van der Waals surface area contributed by atoms with Crippen LogP contribution in [0.1, 0.15) is 40.7 Å². The first-order valence-electron chi connectivity index (χ1n) is 11.8. The number of carbonyl (C=O) groups is 2. The first-order valence-corrected chi connectivity index (χ1v) is 11.8. The van der Waals surface area contributed by atoms with Crippen LogP contribution in [0.3, 0.4) is 0 Å². The maximum atomic E-state index is 14.2. The number of hydrogen-bond donors (Lipinski definition) is 1. The summed E-state index contributed by atoms with van der Waals surface area (Å²) in [4.78, 5) is 27.1. The summed E-state index contributed by atoms with van der Waals surface area (Å²) >= 11 is 0. The van der Waals surface area contributed by atoms with Crippen molar-refractivity contribution in [2.24, 2.45) is 0 Å². The smallest absolute Gasteiger partial charge is 0.256 e. The Hall–Kier alpha value is -3.68. The third-order valence-electron chi connectivity index (χ3n) is 6.81. The maximum Gasteiger partial charge on any atom is 0.256 e. The molecular weight excluding hydrogens is 472 g/mol. The molecule has 0 aromatic heterocycles. The van der Waals surface area contributed by atoms with Gasteiger partial charge in [-0.3, -0.25) is 9.59 Å². The molecule has 1 aliphatic rings. The van der Waals surface area contributed by atoms with Crippen LogP contribution >= 0.6 is 0 Å². The number of likely N-dealkylation sites (tertiary alicyclic amines) is 1. The van der Waals surface area contributed by atoms with Crippen LogP contribution in [-0.2, 0) is 16.6 Å². The monoisotopic (exact) mass is 498 g/mol. The highest BCUT2D eigenvalue weighted by atomic mass is 19.2. The van der Waals surface area contributed by atoms with Crippen molar-refractivity contribution in [1.82, 2.24) is 10.2 Å². The molecule has 1 saturated heterocycles. The number of benzene rings is 3. The minimum atomic E-state index is -1.35. The van der Waals surface area contributed by atoms with Crippen molar-refractivity contribution in [2.45, 2.75) is 31.1 Å². The minimum Gasteiger partial charge on any atom is -0.356 e. The topological polar surface area (TPSA) is 49.4 Å². The third-order valence-corrected chi connectivity index (χ3v) is 6.81. The highest BCUT2D eigenvalue weighted by Gasteiger charge is 2.39. The maximum absolute atomic E-state index is 14.2. The molecule has 3 aromatic rings. The summed E-state index contributed by atoms with van der Waals surface area (Å²) < 4.78 is 54.9. The van der Waals surface area contributed by atoms with E-state index in [9.17, 15) is 27.2 Å². The number of hydrogen-bond acceptors (Lipinski definition) is 2. The Bertz CT molecular complexity index is 1240. The molecular formula is C28H26F4N2O2. The van der Waals surface area contributed by atoms with E-state index in [-0.39, 0.29) is 37.8 Å². The Morgan fingerprint density at radius 1 is 0.806 bits per heavy atom. The number of nitrogens with zero attached hydrogens (tertiary/aromatic N) is 1. The van der Waals surface area contributed by atoms with E-state index in [0.29, 0.717) is 37.0 Å². The normalized spacial score (nSPS) is 14.9. The molecule has 0 radical (unpaired) electrons. The molecule has 1 aliphatic heterocycles. The van der Waals surface area contributed by atoms with Gasteiger partial charge in [0.1, 0.15) is 11.6 Å². The van der Waals surface area contributed by atoms with Crippen LogP contribution < -0.4 is 5.32 Å². The van der Waals surface area contributed by atoms with E-state index in [4.69, 9.17) is 0 Å². The molecule has 8 heteroatoms. The fourth-order valence-corrected chi connectivity index (χ4v) is 4.76. The fraction of sp³-hybridized carbons (Fsp3) is 0.286. The van der Waals surface area contributed by atoms with Gasteiger partial charge < -0.3 is 10.2 Å². The van der Waals surface area contributed by atoms with Crippen LogP contribution in [0.2, 0.25) is 0 Å². The second-order valence-corrected chi connectivity index (χ2v) is 9.05. The molecule has 0 bridgehead atoms. The zero-order valence-corrected chi connectivity index (χ0v) is 19.6. The van der Waals surface area contributed by atoms with Crippen LogP contribution in [0, 0.1) is 23.3 Å². The highest BCUT2D eigenvalue weighted by molar-refractivity contribution is 5.94. The zero-order chi connectivity index (χ0) is 25.7. The molecule has 0 atom stereocenters. The lowest BCUT2D eigenvalue weighted by molar-refractivity contribution is -0.122. The van der Waals surface area contributed by atoms with Crippen LogP contribution in [0.5, 0.6) is 0 Å². The summed E-state index contributed by atoms with van der Waals surface area (Å²) in [5.74, 6) is -4.99. The van der Waals surface area contributed by atoms with Gasteiger partial charge in [-0.2, -0.15) is 0 Å². The van der Waals surface area contributed by atoms with E-state index in [1.165, 1.54) is 11.0 Å². The third kappa shape index (κ3) is 5.58. The second kappa shape index (κ2) is 10.9. The van der Waals surface area contributed by atoms with Gasteiger partial charge in [0.25, 0.3) is 5.91 Å². The molecule has 1 N–H and O–H groups in total. The molecule has 0 aliphatic carbocycles. The lowest BCUT2D eigenvalue weighted by Gasteiger charge is -2.42. The van der Waals surface area contributed by atoms with E-state index < -0.39 is 34.3 Å². The zero-order valence-electron chi connectivity index (χ0n) is 19.6. The van der Waals surface area contributed by atoms with Crippen molar-refractivity contribution in [3.8, 4) is 0 Å². The summed E-state index contributed by atoms with van der Waals surface area (Å²) in [6.07, 6.45) is 1.37. The summed E-state index contributed by atoms with van der Waals surface area (Å²) in [6, 6.07) is 16.8. The minimum absolute atomic E-state index is 0.163. The molecule has 2 amide bonds. The van der Waals surface area contributed by atoms with Crippen molar-refractivity contribution in [2.75, 3.05) is 19.6 Å². The van der Waals surface area contributed by atoms with Crippen molar-refractivity contribution in [3.63, 3.8) is 0 Å². The van der Waals surface area contributed by atoms with Gasteiger partial charge >= 0.3 is 0 Å². The van der Waals surface area contributed by atoms with Gasteiger partial charge in [0.2, 0.25) is 5.91 Å². The Morgan fingerprint density at radius 3 is 2.14 bits per heavy atom. The van der Waals surface area contributed by atoms with E-state index >= 15 is 0 Å². The number of halogens is 4. The van der Waals surface area contributed by atoms with Gasteiger partial charge in [0, 0.05) is 37.5 Å². The second-order valence-electron chi connectivity index (χ2n) is 9.05. The van der Waals surface area contributed by atoms with Gasteiger partial charge in [-0.25, -0.2) is 17.6 Å². The lowest BCUT2D eigenvalue weighted by atomic mass is 9.70. The van der Waals surface area contributed by atoms with Crippen LogP contribution in [0.25, 0.3) is 0 Å². The Balaban J connectivity index is 1.44. The Labute approximate surface area is 206 Å². The number of amides is 2. The summed E-state index contributed by atoms with van der Waals surface area (Å²) in [7, 11) is 0. The molecule has 36 heavy (non-hydrogen) atoms. The van der Waals surface area contributed by atoms with Crippen molar-refractivity contribution < 1.29 is 27.2 Å². The van der Waals surface area contributed by atoms with E-state index in [0.717, 1.165) is 5.56 Å². The van der Waals surface area contributed by atoms with E-state index in [1.807, 2.05) is 30.3 Å². The van der Waals surface area contributed by atoms with Gasteiger partial charge in [-0.15, -0.1) is 0 Å². The Kier molecular flexibility index (Phi) is 7.72. The highest BCUT2D eigenvalue weighted by Crippen LogP contribution is 2.39. The van der Waals surface area contributed by atoms with Gasteiger partial charge in [0.05, 0.1) is 5.56 Å².